The molecule has 3 heterocycles. The number of rotatable bonds is 7. The molecule has 0 bridgehead atoms. The van der Waals surface area contributed by atoms with E-state index in [1.54, 1.807) is 11.6 Å². The van der Waals surface area contributed by atoms with Crippen LogP contribution >= 0.6 is 0 Å². The molecular formula is C29H33N5O2. The van der Waals surface area contributed by atoms with Crippen LogP contribution in [-0.2, 0) is 30.8 Å². The Morgan fingerprint density at radius 3 is 2.69 bits per heavy atom. The maximum atomic E-state index is 11.5. The molecule has 7 nitrogen and oxygen atoms in total. The molecule has 1 aromatic heterocycles. The number of nitrogens with one attached hydrogen (secondary N) is 1. The number of hydroxylamine groups is 1. The molecule has 1 amide bonds. The fourth-order valence-corrected chi connectivity index (χ4v) is 5.66. The number of benzene rings is 2. The molecule has 1 fully saturated rings. The van der Waals surface area contributed by atoms with Gasteiger partial charge in [-0.2, -0.15) is 5.26 Å². The zero-order chi connectivity index (χ0) is 24.9. The summed E-state index contributed by atoms with van der Waals surface area (Å²) in [6.07, 6.45) is 7.96. The van der Waals surface area contributed by atoms with E-state index in [0.29, 0.717) is 0 Å². The van der Waals surface area contributed by atoms with E-state index in [1.807, 2.05) is 30.3 Å². The third-order valence-corrected chi connectivity index (χ3v) is 7.51. The van der Waals surface area contributed by atoms with Crippen LogP contribution in [0.15, 0.2) is 48.5 Å². The minimum absolute atomic E-state index is 0.543. The second-order valence-corrected chi connectivity index (χ2v) is 9.79. The Labute approximate surface area is 212 Å². The molecule has 3 aromatic rings. The number of hydrogen-bond donors (Lipinski definition) is 2. The SMILES string of the molecule is N#Cc1ccccc1CN1CCc2c(c3cc(/C=C/C(=O)NO)ccc3n2CCN2CCCCC2)C1. The first kappa shape index (κ1) is 24.3. The fourth-order valence-electron chi connectivity index (χ4n) is 5.66. The molecule has 5 rings (SSSR count). The zero-order valence-electron chi connectivity index (χ0n) is 20.6. The van der Waals surface area contributed by atoms with Gasteiger partial charge in [-0.25, -0.2) is 5.48 Å². The van der Waals surface area contributed by atoms with Crippen molar-refractivity contribution in [2.24, 2.45) is 0 Å². The van der Waals surface area contributed by atoms with Gasteiger partial charge in [0, 0.05) is 61.8 Å². The van der Waals surface area contributed by atoms with E-state index >= 15 is 0 Å². The lowest BCUT2D eigenvalue weighted by atomic mass is 10.0. The van der Waals surface area contributed by atoms with Crippen LogP contribution in [0.3, 0.4) is 0 Å². The number of amides is 1. The highest BCUT2D eigenvalue weighted by atomic mass is 16.5. The first-order valence-corrected chi connectivity index (χ1v) is 12.8. The fraction of sp³-hybridized carbons (Fsp3) is 0.379. The predicted octanol–water partition coefficient (Wildman–Crippen LogP) is 4.08. The van der Waals surface area contributed by atoms with Crippen molar-refractivity contribution in [2.75, 3.05) is 26.2 Å². The number of nitrogens with zero attached hydrogens (tertiary/aromatic N) is 4. The highest BCUT2D eigenvalue weighted by Crippen LogP contribution is 2.33. The third kappa shape index (κ3) is 5.21. The van der Waals surface area contributed by atoms with E-state index in [1.165, 1.54) is 60.6 Å². The van der Waals surface area contributed by atoms with Crippen molar-refractivity contribution in [3.63, 3.8) is 0 Å². The smallest absolute Gasteiger partial charge is 0.267 e. The van der Waals surface area contributed by atoms with Gasteiger partial charge < -0.3 is 9.47 Å². The first-order chi connectivity index (χ1) is 17.7. The van der Waals surface area contributed by atoms with Crippen molar-refractivity contribution in [2.45, 2.75) is 45.3 Å². The number of carbonyl (C=O) groups excluding carboxylic acids is 1. The van der Waals surface area contributed by atoms with Gasteiger partial charge in [-0.3, -0.25) is 14.9 Å². The van der Waals surface area contributed by atoms with Gasteiger partial charge in [0.25, 0.3) is 5.91 Å². The second-order valence-electron chi connectivity index (χ2n) is 9.79. The molecule has 2 aromatic carbocycles. The van der Waals surface area contributed by atoms with Crippen LogP contribution < -0.4 is 5.48 Å². The standard InChI is InChI=1S/C29H33N5O2/c30-19-23-6-2-3-7-24(23)20-33-15-12-28-26(21-33)25-18-22(9-11-29(35)31-36)8-10-27(25)34(28)17-16-32-13-4-1-5-14-32/h2-3,6-11,18,36H,1,4-5,12-17,20-21H2,(H,31,35)/b11-9+. The average Bonchev–Trinajstić information content (AvgIpc) is 3.23. The topological polar surface area (TPSA) is 84.5 Å². The monoisotopic (exact) mass is 483 g/mol. The summed E-state index contributed by atoms with van der Waals surface area (Å²) in [5.74, 6) is -0.543. The van der Waals surface area contributed by atoms with Crippen molar-refractivity contribution < 1.29 is 10.0 Å². The number of carbonyl (C=O) groups is 1. The number of hydrogen-bond acceptors (Lipinski definition) is 5. The molecule has 1 saturated heterocycles. The normalized spacial score (nSPS) is 16.8. The largest absolute Gasteiger partial charge is 0.343 e. The number of piperidine rings is 1. The van der Waals surface area contributed by atoms with E-state index in [9.17, 15) is 10.1 Å². The molecule has 2 aliphatic heterocycles. The summed E-state index contributed by atoms with van der Waals surface area (Å²) in [5, 5.41) is 19.6. The molecule has 7 heteroatoms. The highest BCUT2D eigenvalue weighted by molar-refractivity contribution is 5.93. The summed E-state index contributed by atoms with van der Waals surface area (Å²) in [4.78, 5) is 16.5. The molecule has 186 valence electrons. The number of likely N-dealkylation sites (tertiary alicyclic amines) is 1. The van der Waals surface area contributed by atoms with Crippen molar-refractivity contribution in [3.8, 4) is 6.07 Å². The van der Waals surface area contributed by atoms with Crippen LogP contribution in [0.1, 0.15) is 47.2 Å². The van der Waals surface area contributed by atoms with Crippen LogP contribution in [0, 0.1) is 11.3 Å². The summed E-state index contributed by atoms with van der Waals surface area (Å²) in [7, 11) is 0. The summed E-state index contributed by atoms with van der Waals surface area (Å²) in [5.41, 5.74) is 8.36. The van der Waals surface area contributed by atoms with Gasteiger partial charge in [0.1, 0.15) is 0 Å². The van der Waals surface area contributed by atoms with E-state index < -0.39 is 5.91 Å². The molecule has 0 saturated carbocycles. The van der Waals surface area contributed by atoms with Crippen molar-refractivity contribution in [3.05, 3.63) is 76.5 Å². The predicted molar refractivity (Wildman–Crippen MR) is 140 cm³/mol. The van der Waals surface area contributed by atoms with Gasteiger partial charge in [0.15, 0.2) is 0 Å². The van der Waals surface area contributed by atoms with Crippen LogP contribution in [-0.4, -0.2) is 51.7 Å². The van der Waals surface area contributed by atoms with Gasteiger partial charge in [-0.1, -0.05) is 30.7 Å². The molecule has 2 aliphatic rings. The number of nitriles is 1. The van der Waals surface area contributed by atoms with Crippen molar-refractivity contribution in [1.82, 2.24) is 19.8 Å². The summed E-state index contributed by atoms with van der Waals surface area (Å²) < 4.78 is 2.51. The van der Waals surface area contributed by atoms with E-state index in [2.05, 4.69) is 32.6 Å². The molecule has 0 atom stereocenters. The lowest BCUT2D eigenvalue weighted by Gasteiger charge is -2.30. The van der Waals surface area contributed by atoms with E-state index in [4.69, 9.17) is 5.21 Å². The summed E-state index contributed by atoms with van der Waals surface area (Å²) >= 11 is 0. The Hall–Kier alpha value is -3.44. The van der Waals surface area contributed by atoms with Gasteiger partial charge in [-0.05, 0) is 66.9 Å². The van der Waals surface area contributed by atoms with E-state index in [-0.39, 0.29) is 0 Å². The van der Waals surface area contributed by atoms with Gasteiger partial charge in [0.2, 0.25) is 0 Å². The molecule has 36 heavy (non-hydrogen) atoms. The van der Waals surface area contributed by atoms with Crippen molar-refractivity contribution in [1.29, 1.82) is 5.26 Å². The minimum Gasteiger partial charge on any atom is -0.343 e. The Morgan fingerprint density at radius 2 is 1.89 bits per heavy atom. The quantitative estimate of drug-likeness (QED) is 0.301. The maximum Gasteiger partial charge on any atom is 0.267 e. The molecule has 0 unspecified atom stereocenters. The maximum absolute atomic E-state index is 11.5. The van der Waals surface area contributed by atoms with Crippen LogP contribution in [0.25, 0.3) is 17.0 Å². The Morgan fingerprint density at radius 1 is 1.06 bits per heavy atom. The van der Waals surface area contributed by atoms with Crippen LogP contribution in [0.4, 0.5) is 0 Å². The Kier molecular flexibility index (Phi) is 7.47. The van der Waals surface area contributed by atoms with Gasteiger partial charge in [-0.15, -0.1) is 0 Å². The average molecular weight is 484 g/mol. The molecule has 2 N–H and O–H groups in total. The number of aromatic nitrogens is 1. The number of fused-ring (bicyclic) bond motifs is 3. The lowest BCUT2D eigenvalue weighted by molar-refractivity contribution is -0.124. The van der Waals surface area contributed by atoms with Crippen molar-refractivity contribution >= 4 is 22.9 Å². The Balaban J connectivity index is 1.46. The van der Waals surface area contributed by atoms with E-state index in [0.717, 1.165) is 55.8 Å². The lowest BCUT2D eigenvalue weighted by Crippen LogP contribution is -2.34. The summed E-state index contributed by atoms with van der Waals surface area (Å²) in [6.45, 7) is 6.95. The highest BCUT2D eigenvalue weighted by Gasteiger charge is 2.25. The molecular weight excluding hydrogens is 450 g/mol. The van der Waals surface area contributed by atoms with Gasteiger partial charge >= 0.3 is 0 Å². The second kappa shape index (κ2) is 11.1. The third-order valence-electron chi connectivity index (χ3n) is 7.51. The first-order valence-electron chi connectivity index (χ1n) is 12.8. The summed E-state index contributed by atoms with van der Waals surface area (Å²) in [6, 6.07) is 16.5. The zero-order valence-corrected chi connectivity index (χ0v) is 20.6. The molecule has 0 aliphatic carbocycles. The van der Waals surface area contributed by atoms with Gasteiger partial charge in [0.05, 0.1) is 11.6 Å². The molecule has 0 spiro atoms. The Bertz CT molecular complexity index is 1310. The molecule has 0 radical (unpaired) electrons. The minimum atomic E-state index is -0.543. The van der Waals surface area contributed by atoms with Crippen LogP contribution in [0.2, 0.25) is 0 Å². The van der Waals surface area contributed by atoms with Crippen LogP contribution in [0.5, 0.6) is 0 Å².